The normalized spacial score (nSPS) is 25.9. The third-order valence-corrected chi connectivity index (χ3v) is 2.65. The van der Waals surface area contributed by atoms with E-state index in [-0.39, 0.29) is 18.5 Å². The molecule has 2 atom stereocenters. The Hall–Kier alpha value is -1.40. The van der Waals surface area contributed by atoms with Crippen molar-refractivity contribution < 1.29 is 9.90 Å². The second-order valence-corrected chi connectivity index (χ2v) is 3.62. The Balaban J connectivity index is 2.08. The summed E-state index contributed by atoms with van der Waals surface area (Å²) < 4.78 is 1.68. The number of amides is 1. The van der Waals surface area contributed by atoms with Crippen molar-refractivity contribution in [3.8, 4) is 0 Å². The van der Waals surface area contributed by atoms with Gasteiger partial charge in [-0.1, -0.05) is 0 Å². The van der Waals surface area contributed by atoms with Crippen molar-refractivity contribution in [1.82, 2.24) is 14.7 Å². The zero-order valence-corrected chi connectivity index (χ0v) is 8.28. The van der Waals surface area contributed by atoms with Crippen LogP contribution < -0.4 is 5.73 Å². The monoisotopic (exact) mass is 210 g/mol. The number of carbonyl (C=O) groups excluding carboxylic acids is 1. The van der Waals surface area contributed by atoms with E-state index in [1.807, 2.05) is 0 Å². The van der Waals surface area contributed by atoms with Gasteiger partial charge < -0.3 is 15.7 Å². The summed E-state index contributed by atoms with van der Waals surface area (Å²) in [6.07, 6.45) is 2.87. The molecule has 1 aromatic heterocycles. The molecule has 0 aromatic carbocycles. The summed E-state index contributed by atoms with van der Waals surface area (Å²) in [7, 11) is 0. The van der Waals surface area contributed by atoms with Crippen LogP contribution in [0.3, 0.4) is 0 Å². The van der Waals surface area contributed by atoms with E-state index in [9.17, 15) is 9.90 Å². The summed E-state index contributed by atoms with van der Waals surface area (Å²) in [4.78, 5) is 12.9. The van der Waals surface area contributed by atoms with Crippen molar-refractivity contribution in [1.29, 1.82) is 0 Å². The average molecular weight is 210 g/mol. The zero-order chi connectivity index (χ0) is 10.8. The van der Waals surface area contributed by atoms with Gasteiger partial charge in [-0.3, -0.25) is 9.48 Å². The molecule has 1 aliphatic rings. The zero-order valence-electron chi connectivity index (χ0n) is 8.28. The van der Waals surface area contributed by atoms with Gasteiger partial charge in [0.2, 0.25) is 5.91 Å². The van der Waals surface area contributed by atoms with Crippen LogP contribution in [0.15, 0.2) is 18.5 Å². The molecule has 2 heterocycles. The summed E-state index contributed by atoms with van der Waals surface area (Å²) in [5.41, 5.74) is 5.27. The van der Waals surface area contributed by atoms with Gasteiger partial charge in [0.15, 0.2) is 0 Å². The summed E-state index contributed by atoms with van der Waals surface area (Å²) in [5, 5.41) is 13.8. The van der Waals surface area contributed by atoms with Gasteiger partial charge in [-0.2, -0.15) is 5.10 Å². The average Bonchev–Trinajstić information content (AvgIpc) is 2.84. The van der Waals surface area contributed by atoms with Crippen LogP contribution in [0, 0.1) is 0 Å². The van der Waals surface area contributed by atoms with Gasteiger partial charge in [-0.25, -0.2) is 0 Å². The number of rotatable bonds is 2. The Morgan fingerprint density at radius 2 is 2.40 bits per heavy atom. The van der Waals surface area contributed by atoms with E-state index in [1.165, 1.54) is 0 Å². The van der Waals surface area contributed by atoms with Crippen LogP contribution in [0.25, 0.3) is 0 Å². The van der Waals surface area contributed by atoms with E-state index in [4.69, 9.17) is 5.73 Å². The van der Waals surface area contributed by atoms with Gasteiger partial charge in [0.25, 0.3) is 0 Å². The lowest BCUT2D eigenvalue weighted by molar-refractivity contribution is -0.129. The minimum Gasteiger partial charge on any atom is -0.389 e. The first-order valence-electron chi connectivity index (χ1n) is 4.87. The highest BCUT2D eigenvalue weighted by molar-refractivity contribution is 5.78. The highest BCUT2D eigenvalue weighted by Crippen LogP contribution is 2.20. The molecule has 6 nitrogen and oxygen atoms in total. The smallest absolute Gasteiger partial charge is 0.236 e. The van der Waals surface area contributed by atoms with Crippen LogP contribution in [0.4, 0.5) is 0 Å². The van der Waals surface area contributed by atoms with Crippen molar-refractivity contribution in [2.75, 3.05) is 19.6 Å². The molecule has 0 spiro atoms. The van der Waals surface area contributed by atoms with Crippen molar-refractivity contribution in [2.45, 2.75) is 12.1 Å². The highest BCUT2D eigenvalue weighted by Gasteiger charge is 2.34. The van der Waals surface area contributed by atoms with E-state index in [0.717, 1.165) is 0 Å². The topological polar surface area (TPSA) is 84.4 Å². The number of carbonyl (C=O) groups is 1. The molecule has 0 aliphatic carbocycles. The van der Waals surface area contributed by atoms with E-state index < -0.39 is 6.10 Å². The quantitative estimate of drug-likeness (QED) is 0.628. The highest BCUT2D eigenvalue weighted by atomic mass is 16.3. The molecule has 15 heavy (non-hydrogen) atoms. The third kappa shape index (κ3) is 1.86. The van der Waals surface area contributed by atoms with Crippen LogP contribution in [-0.4, -0.2) is 51.4 Å². The Labute approximate surface area is 87.3 Å². The van der Waals surface area contributed by atoms with Crippen molar-refractivity contribution in [3.63, 3.8) is 0 Å². The first kappa shape index (κ1) is 10.1. The molecule has 1 saturated heterocycles. The van der Waals surface area contributed by atoms with Gasteiger partial charge in [0.1, 0.15) is 0 Å². The number of hydrogen-bond acceptors (Lipinski definition) is 4. The summed E-state index contributed by atoms with van der Waals surface area (Å²) in [5.74, 6) is -0.135. The summed E-state index contributed by atoms with van der Waals surface area (Å²) in [6, 6.07) is 1.63. The van der Waals surface area contributed by atoms with E-state index in [2.05, 4.69) is 5.10 Å². The maximum atomic E-state index is 11.3. The van der Waals surface area contributed by atoms with E-state index in [0.29, 0.717) is 13.1 Å². The predicted molar refractivity (Wildman–Crippen MR) is 52.9 cm³/mol. The minimum absolute atomic E-state index is 0.0153. The fourth-order valence-electron chi connectivity index (χ4n) is 1.84. The van der Waals surface area contributed by atoms with Crippen LogP contribution in [0.2, 0.25) is 0 Å². The summed E-state index contributed by atoms with van der Waals surface area (Å²) >= 11 is 0. The minimum atomic E-state index is -0.569. The van der Waals surface area contributed by atoms with Crippen molar-refractivity contribution >= 4 is 5.91 Å². The molecule has 0 radical (unpaired) electrons. The molecule has 0 bridgehead atoms. The Morgan fingerprint density at radius 3 is 3.00 bits per heavy atom. The molecule has 2 rings (SSSR count). The molecule has 1 amide bonds. The fourth-order valence-corrected chi connectivity index (χ4v) is 1.84. The molecule has 1 aromatic rings. The van der Waals surface area contributed by atoms with Crippen molar-refractivity contribution in [3.05, 3.63) is 18.5 Å². The number of aromatic nitrogens is 2. The lowest BCUT2D eigenvalue weighted by Crippen LogP contribution is -2.34. The number of nitrogens with two attached hydrogens (primary N) is 1. The van der Waals surface area contributed by atoms with E-state index >= 15 is 0 Å². The molecule has 82 valence electrons. The Bertz CT molecular complexity index is 338. The molecule has 1 fully saturated rings. The lowest BCUT2D eigenvalue weighted by atomic mass is 10.2. The maximum absolute atomic E-state index is 11.3. The van der Waals surface area contributed by atoms with E-state index in [1.54, 1.807) is 28.0 Å². The largest absolute Gasteiger partial charge is 0.389 e. The number of aliphatic hydroxyl groups is 1. The number of β-amino-alcohol motifs (C(OH)–C–C–N with tert-alkyl or cyclic N) is 1. The van der Waals surface area contributed by atoms with Crippen LogP contribution >= 0.6 is 0 Å². The van der Waals surface area contributed by atoms with Gasteiger partial charge in [0, 0.05) is 25.5 Å². The Kier molecular flexibility index (Phi) is 2.70. The van der Waals surface area contributed by atoms with Gasteiger partial charge in [-0.15, -0.1) is 0 Å². The van der Waals surface area contributed by atoms with Crippen molar-refractivity contribution in [2.24, 2.45) is 5.73 Å². The second-order valence-electron chi connectivity index (χ2n) is 3.62. The lowest BCUT2D eigenvalue weighted by Gasteiger charge is -2.14. The molecule has 6 heteroatoms. The first-order valence-corrected chi connectivity index (χ1v) is 4.87. The van der Waals surface area contributed by atoms with Crippen LogP contribution in [0.1, 0.15) is 6.04 Å². The fraction of sp³-hybridized carbons (Fsp3) is 0.556. The number of hydrogen-bond donors (Lipinski definition) is 2. The Morgan fingerprint density at radius 1 is 1.60 bits per heavy atom. The molecule has 0 unspecified atom stereocenters. The SMILES string of the molecule is NCC(=O)N1C[C@@H](O)[C@H](n2cccn2)C1. The molecule has 0 saturated carbocycles. The standard InChI is InChI=1S/C9H14N4O2/c10-4-9(15)12-5-7(8(14)6-12)13-3-1-2-11-13/h1-3,7-8,14H,4-6,10H2/t7-,8-/m1/s1. The van der Waals surface area contributed by atoms with Gasteiger partial charge in [0.05, 0.1) is 18.7 Å². The maximum Gasteiger partial charge on any atom is 0.236 e. The molecular formula is C9H14N4O2. The summed E-state index contributed by atoms with van der Waals surface area (Å²) in [6.45, 7) is 0.790. The van der Waals surface area contributed by atoms with Gasteiger partial charge >= 0.3 is 0 Å². The number of nitrogens with zero attached hydrogens (tertiary/aromatic N) is 3. The van der Waals surface area contributed by atoms with Crippen LogP contribution in [-0.2, 0) is 4.79 Å². The van der Waals surface area contributed by atoms with Crippen LogP contribution in [0.5, 0.6) is 0 Å². The number of aliphatic hydroxyl groups excluding tert-OH is 1. The predicted octanol–water partition coefficient (Wildman–Crippen LogP) is -1.41. The first-order chi connectivity index (χ1) is 7.22. The second kappa shape index (κ2) is 4.00. The van der Waals surface area contributed by atoms with Gasteiger partial charge in [-0.05, 0) is 6.07 Å². The molecular weight excluding hydrogens is 196 g/mol. The molecule has 3 N–H and O–H groups in total. The number of likely N-dealkylation sites (tertiary alicyclic amines) is 1. The third-order valence-electron chi connectivity index (χ3n) is 2.65. The molecule has 1 aliphatic heterocycles.